The number of nitro groups is 1. The molecule has 1 saturated carbocycles. The average Bonchev–Trinajstić information content (AvgIpc) is 2.44. The second-order valence-corrected chi connectivity index (χ2v) is 6.85. The second kappa shape index (κ2) is 6.97. The molecule has 2 rings (SSSR count). The van der Waals surface area contributed by atoms with Crippen LogP contribution in [0.4, 0.5) is 11.4 Å². The summed E-state index contributed by atoms with van der Waals surface area (Å²) < 4.78 is 0. The van der Waals surface area contributed by atoms with Gasteiger partial charge in [0.2, 0.25) is 0 Å². The number of thioether (sulfide) groups is 1. The number of benzene rings is 1. The highest BCUT2D eigenvalue weighted by Crippen LogP contribution is 2.34. The summed E-state index contributed by atoms with van der Waals surface area (Å²) in [5.74, 6) is 1.77. The van der Waals surface area contributed by atoms with Crippen LogP contribution in [0.2, 0.25) is 0 Å². The molecule has 20 heavy (non-hydrogen) atoms. The van der Waals surface area contributed by atoms with Gasteiger partial charge in [0.15, 0.2) is 0 Å². The molecule has 1 N–H and O–H groups in total. The van der Waals surface area contributed by atoms with Crippen LogP contribution in [0.25, 0.3) is 0 Å². The molecule has 4 nitrogen and oxygen atoms in total. The largest absolute Gasteiger partial charge is 0.383 e. The predicted octanol–water partition coefficient (Wildman–Crippen LogP) is 4.45. The highest BCUT2D eigenvalue weighted by atomic mass is 32.2. The molecule has 5 heteroatoms. The van der Waals surface area contributed by atoms with Crippen LogP contribution in [0.5, 0.6) is 0 Å². The fourth-order valence-electron chi connectivity index (χ4n) is 2.78. The molecule has 1 fully saturated rings. The molecule has 0 bridgehead atoms. The van der Waals surface area contributed by atoms with Gasteiger partial charge in [0, 0.05) is 24.1 Å². The van der Waals surface area contributed by atoms with Crippen LogP contribution < -0.4 is 5.32 Å². The van der Waals surface area contributed by atoms with Gasteiger partial charge in [-0.05, 0) is 30.4 Å². The van der Waals surface area contributed by atoms with Crippen molar-refractivity contribution in [3.8, 4) is 0 Å². The summed E-state index contributed by atoms with van der Waals surface area (Å²) in [6.45, 7) is 2.33. The molecule has 1 aromatic carbocycles. The standard InChI is InChI=1S/C15H22N2O2S/c1-11-4-3-5-13(8-11)20-10-12-6-7-15(17(18)19)14(9-12)16-2/h6-7,9,11,13,16H,3-5,8,10H2,1-2H3. The van der Waals surface area contributed by atoms with E-state index in [9.17, 15) is 10.1 Å². The molecule has 0 aromatic heterocycles. The van der Waals surface area contributed by atoms with Crippen molar-refractivity contribution >= 4 is 23.1 Å². The van der Waals surface area contributed by atoms with Gasteiger partial charge in [-0.15, -0.1) is 0 Å². The number of anilines is 1. The third-order valence-corrected chi connectivity index (χ3v) is 5.30. The first kappa shape index (κ1) is 15.2. The molecule has 0 heterocycles. The summed E-state index contributed by atoms with van der Waals surface area (Å²) in [6, 6.07) is 5.38. The van der Waals surface area contributed by atoms with Gasteiger partial charge in [-0.2, -0.15) is 11.8 Å². The van der Waals surface area contributed by atoms with E-state index in [-0.39, 0.29) is 10.6 Å². The highest BCUT2D eigenvalue weighted by molar-refractivity contribution is 7.99. The number of nitrogens with zero attached hydrogens (tertiary/aromatic N) is 1. The van der Waals surface area contributed by atoms with Crippen molar-refractivity contribution in [2.45, 2.75) is 43.6 Å². The molecule has 110 valence electrons. The minimum absolute atomic E-state index is 0.146. The molecule has 0 amide bonds. The molecular weight excluding hydrogens is 272 g/mol. The van der Waals surface area contributed by atoms with E-state index < -0.39 is 0 Å². The van der Waals surface area contributed by atoms with Gasteiger partial charge in [-0.1, -0.05) is 25.8 Å². The van der Waals surface area contributed by atoms with E-state index >= 15 is 0 Å². The van der Waals surface area contributed by atoms with E-state index in [4.69, 9.17) is 0 Å². The third-order valence-electron chi connectivity index (χ3n) is 3.90. The highest BCUT2D eigenvalue weighted by Gasteiger charge is 2.19. The van der Waals surface area contributed by atoms with Crippen molar-refractivity contribution in [1.29, 1.82) is 0 Å². The van der Waals surface area contributed by atoms with Crippen molar-refractivity contribution in [2.75, 3.05) is 12.4 Å². The van der Waals surface area contributed by atoms with Crippen molar-refractivity contribution in [3.05, 3.63) is 33.9 Å². The van der Waals surface area contributed by atoms with Crippen molar-refractivity contribution in [2.24, 2.45) is 5.92 Å². The van der Waals surface area contributed by atoms with E-state index in [1.807, 2.05) is 23.9 Å². The number of rotatable bonds is 5. The van der Waals surface area contributed by atoms with Crippen LogP contribution in [0.1, 0.15) is 38.2 Å². The van der Waals surface area contributed by atoms with Crippen LogP contribution in [-0.2, 0) is 5.75 Å². The summed E-state index contributed by atoms with van der Waals surface area (Å²) >= 11 is 1.99. The lowest BCUT2D eigenvalue weighted by molar-refractivity contribution is -0.383. The minimum Gasteiger partial charge on any atom is -0.383 e. The topological polar surface area (TPSA) is 55.2 Å². The normalized spacial score (nSPS) is 22.5. The van der Waals surface area contributed by atoms with Gasteiger partial charge in [0.05, 0.1) is 4.92 Å². The van der Waals surface area contributed by atoms with Crippen molar-refractivity contribution in [3.63, 3.8) is 0 Å². The van der Waals surface area contributed by atoms with Crippen LogP contribution >= 0.6 is 11.8 Å². The first-order valence-electron chi connectivity index (χ1n) is 7.17. The average molecular weight is 294 g/mol. The molecule has 1 aliphatic rings. The van der Waals surface area contributed by atoms with Crippen LogP contribution in [0.3, 0.4) is 0 Å². The Kier molecular flexibility index (Phi) is 5.29. The van der Waals surface area contributed by atoms with E-state index in [1.165, 1.54) is 25.7 Å². The summed E-state index contributed by atoms with van der Waals surface area (Å²) in [6.07, 6.45) is 5.30. The Labute approximate surface area is 124 Å². The Bertz CT molecular complexity index is 479. The van der Waals surface area contributed by atoms with Crippen LogP contribution in [0.15, 0.2) is 18.2 Å². The lowest BCUT2D eigenvalue weighted by Crippen LogP contribution is -2.15. The maximum absolute atomic E-state index is 10.9. The molecule has 2 atom stereocenters. The Morgan fingerprint density at radius 2 is 2.25 bits per heavy atom. The number of hydrogen-bond donors (Lipinski definition) is 1. The maximum atomic E-state index is 10.9. The monoisotopic (exact) mass is 294 g/mol. The number of nitrogens with one attached hydrogen (secondary N) is 1. The van der Waals surface area contributed by atoms with Gasteiger partial charge < -0.3 is 5.32 Å². The van der Waals surface area contributed by atoms with E-state index in [0.717, 1.165) is 22.5 Å². The van der Waals surface area contributed by atoms with Crippen molar-refractivity contribution < 1.29 is 4.92 Å². The molecule has 0 saturated heterocycles. The molecule has 0 aliphatic heterocycles. The molecule has 0 spiro atoms. The van der Waals surface area contributed by atoms with E-state index in [0.29, 0.717) is 5.69 Å². The van der Waals surface area contributed by atoms with Gasteiger partial charge in [-0.3, -0.25) is 10.1 Å². The summed E-state index contributed by atoms with van der Waals surface area (Å²) in [7, 11) is 1.72. The third kappa shape index (κ3) is 3.88. The first-order valence-corrected chi connectivity index (χ1v) is 8.21. The van der Waals surface area contributed by atoms with Crippen molar-refractivity contribution in [1.82, 2.24) is 0 Å². The fourth-order valence-corrected chi connectivity index (χ4v) is 4.18. The number of hydrogen-bond acceptors (Lipinski definition) is 4. The van der Waals surface area contributed by atoms with Crippen LogP contribution in [0, 0.1) is 16.0 Å². The van der Waals surface area contributed by atoms with Gasteiger partial charge in [0.1, 0.15) is 5.69 Å². The lowest BCUT2D eigenvalue weighted by atomic mass is 9.91. The lowest BCUT2D eigenvalue weighted by Gasteiger charge is -2.26. The summed E-state index contributed by atoms with van der Waals surface area (Å²) in [5, 5.41) is 14.5. The molecule has 1 aromatic rings. The van der Waals surface area contributed by atoms with E-state index in [2.05, 4.69) is 12.2 Å². The van der Waals surface area contributed by atoms with Gasteiger partial charge in [0.25, 0.3) is 5.69 Å². The molecular formula is C15H22N2O2S. The molecule has 1 aliphatic carbocycles. The Morgan fingerprint density at radius 3 is 2.90 bits per heavy atom. The van der Waals surface area contributed by atoms with Crippen LogP contribution in [-0.4, -0.2) is 17.2 Å². The zero-order chi connectivity index (χ0) is 14.5. The summed E-state index contributed by atoms with van der Waals surface area (Å²) in [4.78, 5) is 10.6. The fraction of sp³-hybridized carbons (Fsp3) is 0.600. The smallest absolute Gasteiger partial charge is 0.292 e. The first-order chi connectivity index (χ1) is 9.60. The maximum Gasteiger partial charge on any atom is 0.292 e. The van der Waals surface area contributed by atoms with Gasteiger partial charge >= 0.3 is 0 Å². The Morgan fingerprint density at radius 1 is 1.45 bits per heavy atom. The van der Waals surface area contributed by atoms with Gasteiger partial charge in [-0.25, -0.2) is 0 Å². The predicted molar refractivity (Wildman–Crippen MR) is 85.4 cm³/mol. The summed E-state index contributed by atoms with van der Waals surface area (Å²) in [5.41, 5.74) is 1.90. The van der Waals surface area contributed by atoms with E-state index in [1.54, 1.807) is 13.1 Å². The zero-order valence-electron chi connectivity index (χ0n) is 12.1. The second-order valence-electron chi connectivity index (χ2n) is 5.56. The Hall–Kier alpha value is -1.23. The molecule has 0 radical (unpaired) electrons. The number of nitro benzene ring substituents is 1. The molecule has 2 unspecified atom stereocenters. The zero-order valence-corrected chi connectivity index (χ0v) is 12.9. The Balaban J connectivity index is 1.97. The SMILES string of the molecule is CNc1cc(CSC2CCCC(C)C2)ccc1[N+](=O)[O-]. The minimum atomic E-state index is -0.342. The quantitative estimate of drug-likeness (QED) is 0.644.